The predicted octanol–water partition coefficient (Wildman–Crippen LogP) is 4.05. The highest BCUT2D eigenvalue weighted by atomic mass is 35.5. The number of amides is 2. The van der Waals surface area contributed by atoms with E-state index in [1.165, 1.54) is 11.1 Å². The van der Waals surface area contributed by atoms with Crippen LogP contribution in [0.3, 0.4) is 0 Å². The van der Waals surface area contributed by atoms with Gasteiger partial charge in [-0.2, -0.15) is 0 Å². The predicted molar refractivity (Wildman–Crippen MR) is 87.5 cm³/mol. The molecule has 0 aromatic heterocycles. The Balaban J connectivity index is 1.88. The summed E-state index contributed by atoms with van der Waals surface area (Å²) < 4.78 is 0. The molecule has 2 aliphatic rings. The number of benzene rings is 2. The maximum absolute atomic E-state index is 12.1. The fourth-order valence-electron chi connectivity index (χ4n) is 3.33. The molecule has 2 N–H and O–H groups in total. The molecule has 22 heavy (non-hydrogen) atoms. The highest BCUT2D eigenvalue weighted by Gasteiger charge is 2.32. The summed E-state index contributed by atoms with van der Waals surface area (Å²) in [5.74, 6) is 0. The minimum Gasteiger partial charge on any atom is -0.327 e. The second-order valence-electron chi connectivity index (χ2n) is 5.61. The second-order valence-corrected chi connectivity index (χ2v) is 6.02. The Morgan fingerprint density at radius 1 is 1.00 bits per heavy atom. The first kappa shape index (κ1) is 13.4. The zero-order valence-electron chi connectivity index (χ0n) is 11.9. The van der Waals surface area contributed by atoms with Gasteiger partial charge < -0.3 is 10.6 Å². The lowest BCUT2D eigenvalue weighted by atomic mass is 9.83. The van der Waals surface area contributed by atoms with Crippen LogP contribution in [0.1, 0.15) is 29.2 Å². The average Bonchev–Trinajstić information content (AvgIpc) is 2.54. The second kappa shape index (κ2) is 5.18. The molecule has 0 spiro atoms. The number of rotatable bonds is 1. The molecule has 2 aromatic rings. The molecule has 1 heterocycles. The van der Waals surface area contributed by atoms with E-state index in [2.05, 4.69) is 22.8 Å². The number of urea groups is 1. The molecular formula is C18H15ClN2O. The number of aryl methyl sites for hydroxylation is 1. The summed E-state index contributed by atoms with van der Waals surface area (Å²) >= 11 is 6.34. The van der Waals surface area contributed by atoms with Crippen molar-refractivity contribution in [1.82, 2.24) is 10.6 Å². The Morgan fingerprint density at radius 2 is 1.77 bits per heavy atom. The van der Waals surface area contributed by atoms with Gasteiger partial charge in [0.25, 0.3) is 0 Å². The van der Waals surface area contributed by atoms with E-state index in [4.69, 9.17) is 11.6 Å². The number of nitrogens with one attached hydrogen (secondary N) is 2. The van der Waals surface area contributed by atoms with E-state index in [9.17, 15) is 4.79 Å². The molecule has 110 valence electrons. The zero-order valence-corrected chi connectivity index (χ0v) is 12.7. The monoisotopic (exact) mass is 310 g/mol. The molecule has 0 saturated heterocycles. The Hall–Kier alpha value is -2.26. The molecule has 0 radical (unpaired) electrons. The van der Waals surface area contributed by atoms with Gasteiger partial charge in [0.2, 0.25) is 0 Å². The zero-order chi connectivity index (χ0) is 15.1. The van der Waals surface area contributed by atoms with E-state index < -0.39 is 0 Å². The smallest absolute Gasteiger partial charge is 0.320 e. The first-order chi connectivity index (χ1) is 10.7. The van der Waals surface area contributed by atoms with Gasteiger partial charge in [0.1, 0.15) is 0 Å². The average molecular weight is 311 g/mol. The number of hydrogen-bond acceptors (Lipinski definition) is 1. The van der Waals surface area contributed by atoms with Gasteiger partial charge in [0.15, 0.2) is 0 Å². The highest BCUT2D eigenvalue weighted by molar-refractivity contribution is 6.31. The molecule has 2 aromatic carbocycles. The molecule has 0 bridgehead atoms. The minimum atomic E-state index is -0.180. The van der Waals surface area contributed by atoms with Crippen molar-refractivity contribution in [2.45, 2.75) is 18.9 Å². The number of carbonyl (C=O) groups excluding carboxylic acids is 1. The standard InChI is InChI=1S/C18H15ClN2O/c19-15-8-4-3-7-13(15)17-14-10-9-11-5-1-2-6-12(11)16(14)20-18(22)21-17/h1-8,17H,9-10H2,(H2,20,21,22)/t17-/m1/s1. The molecule has 1 aliphatic carbocycles. The van der Waals surface area contributed by atoms with Crippen molar-refractivity contribution in [1.29, 1.82) is 0 Å². The normalized spacial score (nSPS) is 19.9. The van der Waals surface area contributed by atoms with Gasteiger partial charge in [-0.3, -0.25) is 0 Å². The molecule has 0 fully saturated rings. The lowest BCUT2D eigenvalue weighted by Gasteiger charge is -2.34. The van der Waals surface area contributed by atoms with Gasteiger partial charge in [-0.25, -0.2) is 4.79 Å². The third-order valence-electron chi connectivity index (χ3n) is 4.35. The molecule has 3 nitrogen and oxygen atoms in total. The third-order valence-corrected chi connectivity index (χ3v) is 4.69. The van der Waals surface area contributed by atoms with E-state index in [-0.39, 0.29) is 12.1 Å². The Labute approximate surface area is 134 Å². The van der Waals surface area contributed by atoms with E-state index in [1.54, 1.807) is 0 Å². The van der Waals surface area contributed by atoms with Crippen LogP contribution < -0.4 is 10.6 Å². The summed E-state index contributed by atoms with van der Waals surface area (Å²) in [4.78, 5) is 12.1. The molecule has 4 rings (SSSR count). The summed E-state index contributed by atoms with van der Waals surface area (Å²) in [7, 11) is 0. The summed E-state index contributed by atoms with van der Waals surface area (Å²) in [6.45, 7) is 0. The van der Waals surface area contributed by atoms with Gasteiger partial charge >= 0.3 is 6.03 Å². The fourth-order valence-corrected chi connectivity index (χ4v) is 3.57. The van der Waals surface area contributed by atoms with E-state index >= 15 is 0 Å². The molecule has 0 unspecified atom stereocenters. The number of fused-ring (bicyclic) bond motifs is 2. The minimum absolute atomic E-state index is 0.161. The van der Waals surface area contributed by atoms with Gasteiger partial charge in [-0.15, -0.1) is 0 Å². The largest absolute Gasteiger partial charge is 0.327 e. The molecule has 1 atom stereocenters. The van der Waals surface area contributed by atoms with E-state index in [0.29, 0.717) is 5.02 Å². The third kappa shape index (κ3) is 2.09. The van der Waals surface area contributed by atoms with Crippen LogP contribution in [-0.2, 0) is 6.42 Å². The van der Waals surface area contributed by atoms with Crippen LogP contribution in [0.15, 0.2) is 54.1 Å². The van der Waals surface area contributed by atoms with Crippen molar-refractivity contribution < 1.29 is 4.79 Å². The fraction of sp³-hybridized carbons (Fsp3) is 0.167. The summed E-state index contributed by atoms with van der Waals surface area (Å²) in [6.07, 6.45) is 1.89. The molecule has 1 aliphatic heterocycles. The maximum Gasteiger partial charge on any atom is 0.320 e. The van der Waals surface area contributed by atoms with E-state index in [0.717, 1.165) is 29.7 Å². The molecular weight excluding hydrogens is 296 g/mol. The van der Waals surface area contributed by atoms with Gasteiger partial charge in [0, 0.05) is 10.6 Å². The summed E-state index contributed by atoms with van der Waals surface area (Å²) in [5.41, 5.74) is 5.49. The summed E-state index contributed by atoms with van der Waals surface area (Å²) in [5, 5.41) is 6.67. The van der Waals surface area contributed by atoms with Crippen LogP contribution in [0.25, 0.3) is 5.70 Å². The maximum atomic E-state index is 12.1. The number of carbonyl (C=O) groups is 1. The highest BCUT2D eigenvalue weighted by Crippen LogP contribution is 2.40. The first-order valence-electron chi connectivity index (χ1n) is 7.37. The van der Waals surface area contributed by atoms with Crippen molar-refractivity contribution in [2.75, 3.05) is 0 Å². The molecule has 4 heteroatoms. The van der Waals surface area contributed by atoms with Crippen LogP contribution >= 0.6 is 11.6 Å². The van der Waals surface area contributed by atoms with Crippen molar-refractivity contribution in [3.8, 4) is 0 Å². The SMILES string of the molecule is O=C1NC2=C(CCc3ccccc32)[C@@H](c2ccccc2Cl)N1. The van der Waals surface area contributed by atoms with Crippen LogP contribution in [-0.4, -0.2) is 6.03 Å². The van der Waals surface area contributed by atoms with Gasteiger partial charge in [-0.1, -0.05) is 54.1 Å². The number of hydrogen-bond donors (Lipinski definition) is 2. The van der Waals surface area contributed by atoms with Crippen LogP contribution in [0.2, 0.25) is 5.02 Å². The summed E-state index contributed by atoms with van der Waals surface area (Å²) in [6, 6.07) is 15.6. The Bertz CT molecular complexity index is 797. The van der Waals surface area contributed by atoms with Crippen molar-refractivity contribution >= 4 is 23.3 Å². The van der Waals surface area contributed by atoms with Crippen LogP contribution in [0.5, 0.6) is 0 Å². The van der Waals surface area contributed by atoms with Gasteiger partial charge in [0.05, 0.1) is 11.7 Å². The molecule has 0 saturated carbocycles. The Kier molecular flexibility index (Phi) is 3.16. The van der Waals surface area contributed by atoms with Gasteiger partial charge in [-0.05, 0) is 35.6 Å². The topological polar surface area (TPSA) is 41.1 Å². The number of halogens is 1. The lowest BCUT2D eigenvalue weighted by molar-refractivity contribution is 0.240. The van der Waals surface area contributed by atoms with Crippen molar-refractivity contribution in [2.24, 2.45) is 0 Å². The van der Waals surface area contributed by atoms with Crippen LogP contribution in [0.4, 0.5) is 4.79 Å². The molecule has 2 amide bonds. The van der Waals surface area contributed by atoms with Crippen molar-refractivity contribution in [3.05, 3.63) is 75.8 Å². The Morgan fingerprint density at radius 3 is 2.64 bits per heavy atom. The van der Waals surface area contributed by atoms with Crippen molar-refractivity contribution in [3.63, 3.8) is 0 Å². The van der Waals surface area contributed by atoms with E-state index in [1.807, 2.05) is 36.4 Å². The quantitative estimate of drug-likeness (QED) is 0.819. The van der Waals surface area contributed by atoms with Crippen LogP contribution in [0, 0.1) is 0 Å². The lowest BCUT2D eigenvalue weighted by Crippen LogP contribution is -2.44. The first-order valence-corrected chi connectivity index (χ1v) is 7.75.